The summed E-state index contributed by atoms with van der Waals surface area (Å²) in [5.74, 6) is 0.345. The molecule has 1 unspecified atom stereocenters. The molecule has 9 nitrogen and oxygen atoms in total. The van der Waals surface area contributed by atoms with E-state index in [2.05, 4.69) is 10.2 Å². The number of rotatable bonds is 8. The minimum atomic E-state index is -4.83. The number of alkyl halides is 3. The zero-order chi connectivity index (χ0) is 30.0. The molecule has 2 heterocycles. The van der Waals surface area contributed by atoms with Gasteiger partial charge in [0.05, 0.1) is 17.1 Å². The third-order valence-corrected chi connectivity index (χ3v) is 8.11. The molecule has 1 atom stereocenters. The van der Waals surface area contributed by atoms with Crippen LogP contribution in [0.1, 0.15) is 50.0 Å². The van der Waals surface area contributed by atoms with Gasteiger partial charge in [-0.15, -0.1) is 0 Å². The van der Waals surface area contributed by atoms with E-state index in [-0.39, 0.29) is 42.2 Å². The molecular weight excluding hydrogens is 560 g/mol. The molecule has 1 aliphatic carbocycles. The Morgan fingerprint density at radius 1 is 1.10 bits per heavy atom. The minimum absolute atomic E-state index is 0.0242. The molecular formula is C29H32F4N4O5. The number of fused-ring (bicyclic) bond motifs is 1. The molecule has 2 aliphatic rings. The highest BCUT2D eigenvalue weighted by Crippen LogP contribution is 2.38. The number of nitrogens with zero attached hydrogens (tertiary/aromatic N) is 3. The lowest BCUT2D eigenvalue weighted by atomic mass is 9.92. The number of hydrogen-bond donors (Lipinski definition) is 1. The van der Waals surface area contributed by atoms with Crippen molar-refractivity contribution in [3.05, 3.63) is 69.7 Å². The van der Waals surface area contributed by atoms with E-state index < -0.39 is 22.4 Å². The second-order valence-electron chi connectivity index (χ2n) is 10.8. The van der Waals surface area contributed by atoms with Crippen molar-refractivity contribution >= 4 is 28.3 Å². The molecule has 1 N–H and O–H groups in total. The van der Waals surface area contributed by atoms with Crippen LogP contribution in [-0.2, 0) is 15.7 Å². The normalized spacial score (nSPS) is 20.9. The van der Waals surface area contributed by atoms with Crippen LogP contribution in [0.5, 0.6) is 0 Å². The topological polar surface area (TPSA) is 101 Å². The van der Waals surface area contributed by atoms with E-state index in [0.717, 1.165) is 23.3 Å². The van der Waals surface area contributed by atoms with Gasteiger partial charge in [-0.05, 0) is 69.0 Å². The van der Waals surface area contributed by atoms with Crippen LogP contribution in [0.3, 0.4) is 0 Å². The first kappa shape index (κ1) is 29.8. The monoisotopic (exact) mass is 592 g/mol. The van der Waals surface area contributed by atoms with E-state index in [1.54, 1.807) is 11.0 Å². The fourth-order valence-corrected chi connectivity index (χ4v) is 5.68. The number of hydrogen-bond acceptors (Lipinski definition) is 7. The third kappa shape index (κ3) is 6.84. The largest absolute Gasteiger partial charge is 0.459 e. The number of nitro benzene ring substituents is 1. The summed E-state index contributed by atoms with van der Waals surface area (Å²) in [6, 6.07) is 9.08. The van der Waals surface area contributed by atoms with E-state index in [9.17, 15) is 32.5 Å². The van der Waals surface area contributed by atoms with Crippen LogP contribution in [0, 0.1) is 15.9 Å². The van der Waals surface area contributed by atoms with Crippen molar-refractivity contribution < 1.29 is 36.4 Å². The first-order chi connectivity index (χ1) is 20.0. The smallest absolute Gasteiger partial charge is 0.423 e. The third-order valence-electron chi connectivity index (χ3n) is 8.11. The molecule has 226 valence electrons. The molecule has 3 aromatic rings. The summed E-state index contributed by atoms with van der Waals surface area (Å²) in [5.41, 5.74) is -1.45. The number of carbonyl (C=O) groups is 1. The van der Waals surface area contributed by atoms with Gasteiger partial charge in [0.25, 0.3) is 5.69 Å². The zero-order valence-electron chi connectivity index (χ0n) is 23.0. The number of halogens is 4. The number of furan rings is 1. The summed E-state index contributed by atoms with van der Waals surface area (Å²) in [7, 11) is 0. The molecule has 2 aromatic carbocycles. The van der Waals surface area contributed by atoms with Crippen molar-refractivity contribution in [2.75, 3.05) is 38.1 Å². The van der Waals surface area contributed by atoms with Crippen molar-refractivity contribution in [3.8, 4) is 0 Å². The first-order valence-electron chi connectivity index (χ1n) is 13.9. The number of anilines is 1. The molecule has 42 heavy (non-hydrogen) atoms. The number of piperazine rings is 1. The second kappa shape index (κ2) is 12.3. The Hall–Kier alpha value is -3.71. The number of nitrogens with one attached hydrogen (secondary N) is 1. The van der Waals surface area contributed by atoms with Gasteiger partial charge in [0.15, 0.2) is 0 Å². The highest BCUT2D eigenvalue weighted by molar-refractivity contribution is 5.78. The lowest BCUT2D eigenvalue weighted by Gasteiger charge is -2.37. The van der Waals surface area contributed by atoms with E-state index in [4.69, 9.17) is 9.15 Å². The maximum atomic E-state index is 13.5. The Bertz CT molecular complexity index is 1430. The lowest BCUT2D eigenvalue weighted by Crippen LogP contribution is -2.50. The predicted octanol–water partition coefficient (Wildman–Crippen LogP) is 6.14. The van der Waals surface area contributed by atoms with Gasteiger partial charge in [-0.25, -0.2) is 4.39 Å². The fourth-order valence-electron chi connectivity index (χ4n) is 5.68. The number of carbonyl (C=O) groups excluding carboxylic acids is 1. The Labute approximate surface area is 239 Å². The summed E-state index contributed by atoms with van der Waals surface area (Å²) < 4.78 is 65.2. The van der Waals surface area contributed by atoms with E-state index in [0.29, 0.717) is 57.4 Å². The molecule has 1 saturated heterocycles. The maximum absolute atomic E-state index is 13.5. The molecule has 0 bridgehead atoms. The Balaban J connectivity index is 1.04. The van der Waals surface area contributed by atoms with Gasteiger partial charge in [0, 0.05) is 49.4 Å². The molecule has 1 aliphatic heterocycles. The molecule has 0 radical (unpaired) electrons. The van der Waals surface area contributed by atoms with E-state index >= 15 is 0 Å². The van der Waals surface area contributed by atoms with Crippen LogP contribution >= 0.6 is 0 Å². The Morgan fingerprint density at radius 3 is 2.48 bits per heavy atom. The fraction of sp³-hybridized carbons (Fsp3) is 0.483. The molecule has 1 aromatic heterocycles. The summed E-state index contributed by atoms with van der Waals surface area (Å²) in [4.78, 5) is 26.7. The molecule has 13 heteroatoms. The molecule has 1 saturated carbocycles. The van der Waals surface area contributed by atoms with Crippen molar-refractivity contribution in [2.45, 2.75) is 57.0 Å². The lowest BCUT2D eigenvalue weighted by molar-refractivity contribution is -0.388. The molecule has 0 spiro atoms. The first-order valence-corrected chi connectivity index (χ1v) is 13.9. The Kier molecular flexibility index (Phi) is 8.69. The second-order valence-corrected chi connectivity index (χ2v) is 10.8. The highest BCUT2D eigenvalue weighted by atomic mass is 19.4. The number of benzene rings is 2. The van der Waals surface area contributed by atoms with Crippen molar-refractivity contribution in [1.29, 1.82) is 0 Å². The summed E-state index contributed by atoms with van der Waals surface area (Å²) in [6.45, 7) is 4.41. The van der Waals surface area contributed by atoms with E-state index in [1.807, 2.05) is 13.0 Å². The van der Waals surface area contributed by atoms with Crippen molar-refractivity contribution in [3.63, 3.8) is 0 Å². The number of nitro groups is 1. The summed E-state index contributed by atoms with van der Waals surface area (Å²) in [6.07, 6.45) is -2.44. The summed E-state index contributed by atoms with van der Waals surface area (Å²) in [5, 5.41) is 14.7. The minimum Gasteiger partial charge on any atom is -0.459 e. The van der Waals surface area contributed by atoms with Crippen LogP contribution < -0.4 is 5.32 Å². The van der Waals surface area contributed by atoms with Crippen LogP contribution in [0.15, 0.2) is 46.9 Å². The highest BCUT2D eigenvalue weighted by Gasteiger charge is 2.38. The van der Waals surface area contributed by atoms with Gasteiger partial charge in [0.2, 0.25) is 5.91 Å². The van der Waals surface area contributed by atoms with Gasteiger partial charge in [-0.2, -0.15) is 13.2 Å². The van der Waals surface area contributed by atoms with Crippen molar-refractivity contribution in [2.24, 2.45) is 0 Å². The number of amides is 1. The van der Waals surface area contributed by atoms with Gasteiger partial charge in [0.1, 0.15) is 29.3 Å². The van der Waals surface area contributed by atoms with Crippen molar-refractivity contribution in [1.82, 2.24) is 9.80 Å². The van der Waals surface area contributed by atoms with E-state index in [1.165, 1.54) is 18.2 Å². The number of ether oxygens (including phenoxy) is 1. The maximum Gasteiger partial charge on any atom is 0.423 e. The predicted molar refractivity (Wildman–Crippen MR) is 146 cm³/mol. The van der Waals surface area contributed by atoms with Gasteiger partial charge < -0.3 is 19.4 Å². The van der Waals surface area contributed by atoms with Gasteiger partial charge >= 0.3 is 6.18 Å². The van der Waals surface area contributed by atoms with Crippen LogP contribution in [-0.4, -0.2) is 65.6 Å². The standard InChI is InChI=1S/C29H32F4N4O5/c1-18(27-15-19-14-20(30)2-9-26(19)42-27)35-10-12-36(13-11-35)28(38)17-41-23-6-3-21(4-7-23)34-22-5-8-25(37(39)40)24(16-22)29(31,32)33/h2,5,8-9,14-16,18,21,23,34H,3-4,6-7,10-13,17H2,1H3/t18?,21-,23-. The van der Waals surface area contributed by atoms with Crippen LogP contribution in [0.2, 0.25) is 0 Å². The zero-order valence-corrected chi connectivity index (χ0v) is 23.0. The molecule has 1 amide bonds. The van der Waals surface area contributed by atoms with Gasteiger partial charge in [-0.1, -0.05) is 0 Å². The average Bonchev–Trinajstić information content (AvgIpc) is 3.39. The quantitative estimate of drug-likeness (QED) is 0.190. The van der Waals surface area contributed by atoms with Crippen LogP contribution in [0.4, 0.5) is 28.9 Å². The summed E-state index contributed by atoms with van der Waals surface area (Å²) >= 11 is 0. The molecule has 5 rings (SSSR count). The average molecular weight is 593 g/mol. The molecule has 2 fully saturated rings. The Morgan fingerprint density at radius 2 is 1.81 bits per heavy atom. The SMILES string of the molecule is CC(c1cc2cc(F)ccc2o1)N1CCN(C(=O)CO[C@H]2CC[C@H](Nc3ccc([N+](=O)[O-])c(C(F)(F)F)c3)CC2)CC1. The van der Waals surface area contributed by atoms with Crippen LogP contribution in [0.25, 0.3) is 11.0 Å². The van der Waals surface area contributed by atoms with Gasteiger partial charge in [-0.3, -0.25) is 19.8 Å².